The van der Waals surface area contributed by atoms with Crippen molar-refractivity contribution in [3.63, 3.8) is 0 Å². The van der Waals surface area contributed by atoms with E-state index in [4.69, 9.17) is 0 Å². The molecule has 1 aliphatic heterocycles. The van der Waals surface area contributed by atoms with Gasteiger partial charge in [-0.05, 0) is 29.7 Å². The van der Waals surface area contributed by atoms with Crippen molar-refractivity contribution in [2.75, 3.05) is 10.6 Å². The molecule has 6 nitrogen and oxygen atoms in total. The van der Waals surface area contributed by atoms with E-state index in [0.29, 0.717) is 11.6 Å². The molecule has 0 spiro atoms. The molecule has 2 atom stereocenters. The maximum Gasteiger partial charge on any atom is 0.235 e. The maximum atomic E-state index is 13.1. The third kappa shape index (κ3) is 3.21. The van der Waals surface area contributed by atoms with Crippen LogP contribution in [0.1, 0.15) is 24.1 Å². The standard InChI is InChI=1S/C21H21N5O/c1-3-15-9-11-16(12-10-15)19-18(14(2)24-21-22-13-23-26(19)21)20(27)25-17-7-5-4-6-8-17/h4-13,18-19H,2-3H2,1H3,(H,25,27)(H,22,23,24). The van der Waals surface area contributed by atoms with Crippen molar-refractivity contribution in [2.45, 2.75) is 19.4 Å². The number of nitrogens with one attached hydrogen (secondary N) is 2. The van der Waals surface area contributed by atoms with Gasteiger partial charge in [-0.3, -0.25) is 4.79 Å². The summed E-state index contributed by atoms with van der Waals surface area (Å²) < 4.78 is 1.75. The molecule has 3 aromatic rings. The molecular weight excluding hydrogens is 338 g/mol. The molecule has 6 heteroatoms. The van der Waals surface area contributed by atoms with Crippen molar-refractivity contribution in [2.24, 2.45) is 5.92 Å². The molecular formula is C21H21N5O. The number of aryl methyl sites for hydroxylation is 1. The number of amides is 1. The molecule has 1 aromatic heterocycles. The molecule has 0 bridgehead atoms. The third-order valence-electron chi connectivity index (χ3n) is 4.85. The van der Waals surface area contributed by atoms with E-state index in [2.05, 4.69) is 58.5 Å². The first-order valence-corrected chi connectivity index (χ1v) is 8.97. The molecule has 0 saturated heterocycles. The fraction of sp³-hybridized carbons (Fsp3) is 0.190. The van der Waals surface area contributed by atoms with Gasteiger partial charge >= 0.3 is 0 Å². The van der Waals surface area contributed by atoms with Crippen molar-refractivity contribution in [1.82, 2.24) is 14.8 Å². The van der Waals surface area contributed by atoms with E-state index in [9.17, 15) is 4.79 Å². The quantitative estimate of drug-likeness (QED) is 0.746. The molecule has 27 heavy (non-hydrogen) atoms. The zero-order valence-electron chi connectivity index (χ0n) is 15.1. The van der Waals surface area contributed by atoms with Crippen molar-refractivity contribution >= 4 is 17.5 Å². The number of aromatic nitrogens is 3. The molecule has 2 N–H and O–H groups in total. The van der Waals surface area contributed by atoms with E-state index in [1.54, 1.807) is 4.68 Å². The normalized spacial score (nSPS) is 18.5. The lowest BCUT2D eigenvalue weighted by molar-refractivity contribution is -0.119. The average molecular weight is 359 g/mol. The number of hydrogen-bond donors (Lipinski definition) is 2. The number of para-hydroxylation sites is 1. The molecule has 0 aliphatic carbocycles. The third-order valence-corrected chi connectivity index (χ3v) is 4.85. The number of carbonyl (C=O) groups excluding carboxylic acids is 1. The zero-order chi connectivity index (χ0) is 18.8. The highest BCUT2D eigenvalue weighted by Crippen LogP contribution is 2.37. The lowest BCUT2D eigenvalue weighted by Crippen LogP contribution is -2.39. The fourth-order valence-electron chi connectivity index (χ4n) is 3.42. The number of rotatable bonds is 4. The van der Waals surface area contributed by atoms with E-state index >= 15 is 0 Å². The Morgan fingerprint density at radius 2 is 1.93 bits per heavy atom. The maximum absolute atomic E-state index is 13.1. The second kappa shape index (κ2) is 7.07. The van der Waals surface area contributed by atoms with Crippen LogP contribution < -0.4 is 10.6 Å². The summed E-state index contributed by atoms with van der Waals surface area (Å²) in [5, 5.41) is 10.5. The SMILES string of the molecule is C=C1Nc2ncnn2C(c2ccc(CC)cc2)C1C(=O)Nc1ccccc1. The van der Waals surface area contributed by atoms with Crippen LogP contribution in [0.25, 0.3) is 0 Å². The van der Waals surface area contributed by atoms with Gasteiger partial charge in [-0.25, -0.2) is 4.68 Å². The summed E-state index contributed by atoms with van der Waals surface area (Å²) in [5.74, 6) is -0.0652. The van der Waals surface area contributed by atoms with Crippen LogP contribution in [-0.4, -0.2) is 20.7 Å². The largest absolute Gasteiger partial charge is 0.328 e. The van der Waals surface area contributed by atoms with Gasteiger partial charge in [0.2, 0.25) is 11.9 Å². The Morgan fingerprint density at radius 1 is 1.19 bits per heavy atom. The molecule has 4 rings (SSSR count). The van der Waals surface area contributed by atoms with Gasteiger partial charge in [0, 0.05) is 11.4 Å². The topological polar surface area (TPSA) is 71.8 Å². The minimum Gasteiger partial charge on any atom is -0.328 e. The second-order valence-corrected chi connectivity index (χ2v) is 6.55. The Morgan fingerprint density at radius 3 is 2.63 bits per heavy atom. The van der Waals surface area contributed by atoms with Crippen molar-refractivity contribution in [1.29, 1.82) is 0 Å². The Bertz CT molecular complexity index is 962. The van der Waals surface area contributed by atoms with E-state index < -0.39 is 5.92 Å². The first kappa shape index (κ1) is 17.0. The molecule has 1 aliphatic rings. The smallest absolute Gasteiger partial charge is 0.235 e. The van der Waals surface area contributed by atoms with Crippen LogP contribution in [0.3, 0.4) is 0 Å². The average Bonchev–Trinajstić information content (AvgIpc) is 3.15. The van der Waals surface area contributed by atoms with Gasteiger partial charge in [0.15, 0.2) is 0 Å². The van der Waals surface area contributed by atoms with Crippen LogP contribution in [0.4, 0.5) is 11.6 Å². The number of benzene rings is 2. The summed E-state index contributed by atoms with van der Waals surface area (Å²) in [7, 11) is 0. The van der Waals surface area contributed by atoms with Crippen LogP contribution >= 0.6 is 0 Å². The molecule has 2 heterocycles. The number of carbonyl (C=O) groups is 1. The van der Waals surface area contributed by atoms with E-state index in [1.807, 2.05) is 30.3 Å². The molecule has 0 saturated carbocycles. The van der Waals surface area contributed by atoms with Gasteiger partial charge in [0.05, 0.1) is 6.04 Å². The first-order valence-electron chi connectivity index (χ1n) is 8.97. The summed E-state index contributed by atoms with van der Waals surface area (Å²) in [6, 6.07) is 17.4. The lowest BCUT2D eigenvalue weighted by Gasteiger charge is -2.33. The van der Waals surface area contributed by atoms with E-state index in [0.717, 1.165) is 17.7 Å². The van der Waals surface area contributed by atoms with Crippen LogP contribution in [0, 0.1) is 5.92 Å². The van der Waals surface area contributed by atoms with Gasteiger partial charge < -0.3 is 10.6 Å². The highest BCUT2D eigenvalue weighted by molar-refractivity contribution is 5.95. The van der Waals surface area contributed by atoms with Gasteiger partial charge in [0.25, 0.3) is 0 Å². The monoisotopic (exact) mass is 359 g/mol. The van der Waals surface area contributed by atoms with E-state index in [1.165, 1.54) is 11.9 Å². The molecule has 0 fully saturated rings. The van der Waals surface area contributed by atoms with Crippen molar-refractivity contribution in [3.05, 3.63) is 84.3 Å². The molecule has 0 radical (unpaired) electrons. The zero-order valence-corrected chi connectivity index (χ0v) is 15.1. The molecule has 1 amide bonds. The summed E-state index contributed by atoms with van der Waals surface area (Å²) in [6.07, 6.45) is 2.45. The summed E-state index contributed by atoms with van der Waals surface area (Å²) in [4.78, 5) is 17.4. The van der Waals surface area contributed by atoms with Crippen LogP contribution in [-0.2, 0) is 11.2 Å². The first-order chi connectivity index (χ1) is 13.2. The van der Waals surface area contributed by atoms with Crippen LogP contribution in [0.2, 0.25) is 0 Å². The second-order valence-electron chi connectivity index (χ2n) is 6.55. The van der Waals surface area contributed by atoms with Crippen LogP contribution in [0.5, 0.6) is 0 Å². The number of hydrogen-bond acceptors (Lipinski definition) is 4. The molecule has 2 aromatic carbocycles. The summed E-state index contributed by atoms with van der Waals surface area (Å²) >= 11 is 0. The summed E-state index contributed by atoms with van der Waals surface area (Å²) in [5.41, 5.74) is 3.60. The van der Waals surface area contributed by atoms with Gasteiger partial charge in [0.1, 0.15) is 12.2 Å². The molecule has 2 unspecified atom stereocenters. The Balaban J connectivity index is 1.73. The summed E-state index contributed by atoms with van der Waals surface area (Å²) in [6.45, 7) is 6.21. The Labute approximate surface area is 157 Å². The highest BCUT2D eigenvalue weighted by Gasteiger charge is 2.39. The van der Waals surface area contributed by atoms with Crippen molar-refractivity contribution < 1.29 is 4.79 Å². The lowest BCUT2D eigenvalue weighted by atomic mass is 9.88. The predicted molar refractivity (Wildman–Crippen MR) is 105 cm³/mol. The number of nitrogens with zero attached hydrogens (tertiary/aromatic N) is 3. The minimum atomic E-state index is -0.521. The fourth-order valence-corrected chi connectivity index (χ4v) is 3.42. The molecule has 136 valence electrons. The Kier molecular flexibility index (Phi) is 4.46. The van der Waals surface area contributed by atoms with Crippen molar-refractivity contribution in [3.8, 4) is 0 Å². The van der Waals surface area contributed by atoms with Gasteiger partial charge in [-0.15, -0.1) is 0 Å². The number of anilines is 2. The van der Waals surface area contributed by atoms with E-state index in [-0.39, 0.29) is 11.9 Å². The minimum absolute atomic E-state index is 0.135. The predicted octanol–water partition coefficient (Wildman–Crippen LogP) is 3.62. The highest BCUT2D eigenvalue weighted by atomic mass is 16.2. The van der Waals surface area contributed by atoms with Gasteiger partial charge in [-0.1, -0.05) is 56.0 Å². The van der Waals surface area contributed by atoms with Gasteiger partial charge in [-0.2, -0.15) is 10.1 Å². The Hall–Kier alpha value is -3.41. The van der Waals surface area contributed by atoms with Crippen LogP contribution in [0.15, 0.2) is 73.2 Å². The number of fused-ring (bicyclic) bond motifs is 1.